The van der Waals surface area contributed by atoms with E-state index in [-0.39, 0.29) is 25.0 Å². The molecule has 0 amide bonds. The van der Waals surface area contributed by atoms with Gasteiger partial charge < -0.3 is 4.74 Å². The van der Waals surface area contributed by atoms with Crippen LogP contribution in [0.5, 0.6) is 5.75 Å². The second-order valence-corrected chi connectivity index (χ2v) is 7.56. The van der Waals surface area contributed by atoms with Crippen molar-refractivity contribution in [1.29, 1.82) is 0 Å². The molecule has 0 fully saturated rings. The van der Waals surface area contributed by atoms with Crippen LogP contribution in [-0.4, -0.2) is 30.5 Å². The number of hydrogen-bond acceptors (Lipinski definition) is 2. The van der Waals surface area contributed by atoms with Gasteiger partial charge in [-0.2, -0.15) is 26.3 Å². The van der Waals surface area contributed by atoms with Crippen molar-refractivity contribution in [2.24, 2.45) is 0 Å². The molecule has 0 saturated carbocycles. The van der Waals surface area contributed by atoms with E-state index in [4.69, 9.17) is 4.74 Å². The van der Waals surface area contributed by atoms with E-state index in [0.29, 0.717) is 34.8 Å². The van der Waals surface area contributed by atoms with Gasteiger partial charge in [0.15, 0.2) is 5.52 Å². The van der Waals surface area contributed by atoms with Gasteiger partial charge in [0.1, 0.15) is 5.75 Å². The topological polar surface area (TPSA) is 26.3 Å². The van der Waals surface area contributed by atoms with Crippen molar-refractivity contribution in [3.63, 3.8) is 0 Å². The summed E-state index contributed by atoms with van der Waals surface area (Å²) in [4.78, 5) is 12.5. The average molecular weight is 429 g/mol. The Hall–Kier alpha value is -1.48. The minimum absolute atomic E-state index is 0. The molecule has 0 N–H and O–H groups in total. The van der Waals surface area contributed by atoms with E-state index in [1.54, 1.807) is 26.8 Å². The Morgan fingerprint density at radius 3 is 1.90 bits per heavy atom. The molecule has 0 heterocycles. The van der Waals surface area contributed by atoms with Crippen molar-refractivity contribution in [1.82, 2.24) is 0 Å². The van der Waals surface area contributed by atoms with Gasteiger partial charge in [-0.3, -0.25) is 4.79 Å². The molecule has 0 aliphatic rings. The van der Waals surface area contributed by atoms with Gasteiger partial charge in [0, 0.05) is 24.4 Å². The van der Waals surface area contributed by atoms with Gasteiger partial charge in [-0.1, -0.05) is 12.1 Å². The third kappa shape index (κ3) is 6.50. The Labute approximate surface area is 178 Å². The van der Waals surface area contributed by atoms with Gasteiger partial charge >= 0.3 is 12.4 Å². The fourth-order valence-electron chi connectivity index (χ4n) is 2.58. The molecule has 2 aromatic carbocycles. The average Bonchev–Trinajstić information content (AvgIpc) is 2.54. The molecular formula is C19H17F6LiO2P. The summed E-state index contributed by atoms with van der Waals surface area (Å²) in [6.07, 6.45) is -10.3. The Morgan fingerprint density at radius 1 is 0.966 bits per heavy atom. The van der Waals surface area contributed by atoms with Crippen molar-refractivity contribution in [2.45, 2.75) is 39.2 Å². The van der Waals surface area contributed by atoms with Crippen LogP contribution in [0.25, 0.3) is 0 Å². The molecule has 29 heavy (non-hydrogen) atoms. The van der Waals surface area contributed by atoms with Crippen molar-refractivity contribution in [2.75, 3.05) is 0 Å². The predicted molar refractivity (Wildman–Crippen MR) is 101 cm³/mol. The quantitative estimate of drug-likeness (QED) is 0.352. The van der Waals surface area contributed by atoms with Crippen molar-refractivity contribution < 1.29 is 35.9 Å². The van der Waals surface area contributed by atoms with Gasteiger partial charge in [-0.15, -0.1) is 0 Å². The fourth-order valence-corrected chi connectivity index (χ4v) is 3.65. The van der Waals surface area contributed by atoms with E-state index >= 15 is 0 Å². The summed E-state index contributed by atoms with van der Waals surface area (Å²) in [6.45, 7) is 5.23. The smallest absolute Gasteiger partial charge is 0.417 e. The molecule has 0 aromatic heterocycles. The molecule has 153 valence electrons. The maximum Gasteiger partial charge on any atom is 0.417 e. The monoisotopic (exact) mass is 429 g/mol. The van der Waals surface area contributed by atoms with Crippen LogP contribution in [0, 0.1) is 6.92 Å². The van der Waals surface area contributed by atoms with Crippen LogP contribution in [0.15, 0.2) is 36.4 Å². The molecular weight excluding hydrogens is 412 g/mol. The number of hydrogen-bond donors (Lipinski definition) is 0. The van der Waals surface area contributed by atoms with E-state index in [1.807, 2.05) is 0 Å². The summed E-state index contributed by atoms with van der Waals surface area (Å²) in [6, 6.07) is 6.22. The first-order chi connectivity index (χ1) is 12.8. The van der Waals surface area contributed by atoms with E-state index in [2.05, 4.69) is 0 Å². The number of alkyl halides is 6. The maximum absolute atomic E-state index is 13.2. The largest absolute Gasteiger partial charge is 0.491 e. The molecule has 2 aromatic rings. The first-order valence-electron chi connectivity index (χ1n) is 8.16. The van der Waals surface area contributed by atoms with Gasteiger partial charge in [0.05, 0.1) is 17.2 Å². The fraction of sp³-hybridized carbons (Fsp3) is 0.316. The number of benzene rings is 2. The van der Waals surface area contributed by atoms with Crippen molar-refractivity contribution in [3.8, 4) is 5.75 Å². The molecule has 0 aliphatic heterocycles. The van der Waals surface area contributed by atoms with Crippen LogP contribution in [0.3, 0.4) is 0 Å². The third-order valence-corrected chi connectivity index (χ3v) is 5.03. The summed E-state index contributed by atoms with van der Waals surface area (Å²) in [5, 5.41) is 0.353. The Kier molecular flexibility index (Phi) is 8.42. The number of carbonyl (C=O) groups is 1. The first-order valence-corrected chi connectivity index (χ1v) is 9.16. The Bertz CT molecular complexity index is 846. The zero-order valence-corrected chi connectivity index (χ0v) is 17.1. The molecule has 0 saturated heterocycles. The van der Waals surface area contributed by atoms with Gasteiger partial charge in [-0.25, -0.2) is 0 Å². The van der Waals surface area contributed by atoms with Gasteiger partial charge in [0.25, 0.3) is 0 Å². The maximum atomic E-state index is 13.2. The number of rotatable bonds is 5. The SMILES string of the molecule is Cc1cc(OC(C)C)ccc1PC(=O)c1c(C(F)(F)F)cccc1C(F)(F)F.[Li]. The summed E-state index contributed by atoms with van der Waals surface area (Å²) in [5.41, 5.74) is -5.19. The molecule has 2 nitrogen and oxygen atoms in total. The molecule has 0 bridgehead atoms. The number of halogens is 6. The van der Waals surface area contributed by atoms with Crippen LogP contribution in [0.4, 0.5) is 26.3 Å². The molecule has 10 heteroatoms. The molecule has 1 atom stereocenters. The Balaban J connectivity index is 0.00000420. The first kappa shape index (κ1) is 25.6. The second kappa shape index (κ2) is 9.55. The summed E-state index contributed by atoms with van der Waals surface area (Å²) < 4.78 is 84.9. The standard InChI is InChI=1S/C19H17F6O2P.Li/c1-10(2)27-12-7-8-15(11(3)9-12)28-17(26)16-13(18(20,21)22)5-4-6-14(16)19(23,24)25;/h4-10,28H,1-3H3;. The molecule has 1 radical (unpaired) electrons. The van der Waals surface area contributed by atoms with Crippen LogP contribution >= 0.6 is 8.58 Å². The normalized spacial score (nSPS) is 12.3. The van der Waals surface area contributed by atoms with Crippen LogP contribution < -0.4 is 10.0 Å². The summed E-state index contributed by atoms with van der Waals surface area (Å²) >= 11 is 0. The molecule has 0 aliphatic carbocycles. The van der Waals surface area contributed by atoms with E-state index in [9.17, 15) is 31.1 Å². The van der Waals surface area contributed by atoms with E-state index in [1.165, 1.54) is 12.1 Å². The zero-order chi connectivity index (χ0) is 21.3. The minimum atomic E-state index is -5.08. The molecule has 0 spiro atoms. The van der Waals surface area contributed by atoms with Crippen LogP contribution in [-0.2, 0) is 12.4 Å². The number of ether oxygens (including phenoxy) is 1. The minimum Gasteiger partial charge on any atom is -0.491 e. The van der Waals surface area contributed by atoms with E-state index < -0.39 is 43.1 Å². The Morgan fingerprint density at radius 2 is 1.48 bits per heavy atom. The van der Waals surface area contributed by atoms with Gasteiger partial charge in [-0.05, 0) is 64.5 Å². The van der Waals surface area contributed by atoms with E-state index in [0.717, 1.165) is 0 Å². The summed E-state index contributed by atoms with van der Waals surface area (Å²) in [5.74, 6) is 0.500. The van der Waals surface area contributed by atoms with Crippen LogP contribution in [0.1, 0.15) is 40.9 Å². The molecule has 2 rings (SSSR count). The summed E-state index contributed by atoms with van der Waals surface area (Å²) in [7, 11) is -0.897. The third-order valence-electron chi connectivity index (χ3n) is 3.72. The zero-order valence-electron chi connectivity index (χ0n) is 16.1. The van der Waals surface area contributed by atoms with Gasteiger partial charge in [0.2, 0.25) is 0 Å². The van der Waals surface area contributed by atoms with Crippen molar-refractivity contribution >= 4 is 38.3 Å². The van der Waals surface area contributed by atoms with Crippen molar-refractivity contribution in [3.05, 3.63) is 58.7 Å². The molecule has 1 unspecified atom stereocenters. The second-order valence-electron chi connectivity index (χ2n) is 6.32. The predicted octanol–water partition coefficient (Wildman–Crippen LogP) is 5.58. The number of carbonyl (C=O) groups excluding carboxylic acids is 1. The number of aryl methyl sites for hydroxylation is 1. The van der Waals surface area contributed by atoms with Crippen LogP contribution in [0.2, 0.25) is 0 Å².